The number of aryl methyl sites for hydroxylation is 2. The molecule has 0 aliphatic rings. The quantitative estimate of drug-likeness (QED) is 0.898. The van der Waals surface area contributed by atoms with Gasteiger partial charge in [0, 0.05) is 5.41 Å². The molecule has 106 valence electrons. The summed E-state index contributed by atoms with van der Waals surface area (Å²) < 4.78 is 5.21. The van der Waals surface area contributed by atoms with E-state index in [0.717, 1.165) is 16.9 Å². The largest absolute Gasteiger partial charge is 0.507 e. The topological polar surface area (TPSA) is 29.5 Å². The van der Waals surface area contributed by atoms with Gasteiger partial charge in [0.1, 0.15) is 11.5 Å². The third-order valence-electron chi connectivity index (χ3n) is 4.02. The molecule has 0 radical (unpaired) electrons. The fourth-order valence-corrected chi connectivity index (χ4v) is 2.49. The molecule has 0 fully saturated rings. The van der Waals surface area contributed by atoms with Gasteiger partial charge in [-0.05, 0) is 48.2 Å². The lowest BCUT2D eigenvalue weighted by Gasteiger charge is -2.27. The molecule has 0 spiro atoms. The molecule has 2 rings (SSSR count). The number of phenolic OH excluding ortho intramolecular Hbond substituents is 1. The number of aromatic hydroxyl groups is 1. The van der Waals surface area contributed by atoms with E-state index < -0.39 is 0 Å². The van der Waals surface area contributed by atoms with Crippen LogP contribution >= 0.6 is 0 Å². The number of hydrogen-bond acceptors (Lipinski definition) is 2. The molecule has 2 nitrogen and oxygen atoms in total. The molecule has 0 unspecified atom stereocenters. The van der Waals surface area contributed by atoms with Gasteiger partial charge in [-0.3, -0.25) is 0 Å². The maximum absolute atomic E-state index is 9.92. The molecule has 2 heteroatoms. The molecule has 0 aromatic heterocycles. The summed E-state index contributed by atoms with van der Waals surface area (Å²) in [7, 11) is 1.67. The van der Waals surface area contributed by atoms with Crippen LogP contribution in [0.2, 0.25) is 0 Å². The Kier molecular flexibility index (Phi) is 3.76. The van der Waals surface area contributed by atoms with Gasteiger partial charge in [0.15, 0.2) is 0 Å². The van der Waals surface area contributed by atoms with Crippen LogP contribution in [0.1, 0.15) is 36.1 Å². The van der Waals surface area contributed by atoms with Crippen LogP contribution in [0.5, 0.6) is 11.5 Å². The Morgan fingerprint density at radius 3 is 1.85 bits per heavy atom. The number of rotatable bonds is 3. The Balaban J connectivity index is 2.48. The van der Waals surface area contributed by atoms with Crippen LogP contribution in [-0.2, 0) is 5.41 Å². The van der Waals surface area contributed by atoms with Gasteiger partial charge in [-0.1, -0.05) is 38.1 Å². The van der Waals surface area contributed by atoms with Crippen molar-refractivity contribution in [2.45, 2.75) is 33.1 Å². The summed E-state index contributed by atoms with van der Waals surface area (Å²) >= 11 is 0. The molecule has 0 heterocycles. The van der Waals surface area contributed by atoms with Crippen LogP contribution in [0, 0.1) is 13.8 Å². The lowest BCUT2D eigenvalue weighted by molar-refractivity contribution is 0.414. The Morgan fingerprint density at radius 1 is 0.900 bits per heavy atom. The minimum absolute atomic E-state index is 0.116. The van der Waals surface area contributed by atoms with E-state index >= 15 is 0 Å². The van der Waals surface area contributed by atoms with E-state index in [9.17, 15) is 5.11 Å². The Labute approximate surface area is 121 Å². The fourth-order valence-electron chi connectivity index (χ4n) is 2.49. The highest BCUT2D eigenvalue weighted by atomic mass is 16.5. The Morgan fingerprint density at radius 2 is 1.40 bits per heavy atom. The molecule has 20 heavy (non-hydrogen) atoms. The van der Waals surface area contributed by atoms with Crippen molar-refractivity contribution in [3.8, 4) is 11.5 Å². The van der Waals surface area contributed by atoms with Crippen molar-refractivity contribution in [2.75, 3.05) is 7.11 Å². The molecule has 0 bridgehead atoms. The Bertz CT molecular complexity index is 587. The zero-order chi connectivity index (χ0) is 14.9. The van der Waals surface area contributed by atoms with E-state index in [4.69, 9.17) is 4.74 Å². The zero-order valence-corrected chi connectivity index (χ0v) is 12.8. The van der Waals surface area contributed by atoms with Crippen molar-refractivity contribution in [3.05, 3.63) is 58.7 Å². The number of ether oxygens (including phenoxy) is 1. The minimum Gasteiger partial charge on any atom is -0.507 e. The van der Waals surface area contributed by atoms with Gasteiger partial charge in [-0.25, -0.2) is 0 Å². The van der Waals surface area contributed by atoms with Crippen molar-refractivity contribution in [2.24, 2.45) is 0 Å². The predicted molar refractivity (Wildman–Crippen MR) is 82.7 cm³/mol. The summed E-state index contributed by atoms with van der Waals surface area (Å²) in [5, 5.41) is 9.92. The van der Waals surface area contributed by atoms with Gasteiger partial charge >= 0.3 is 0 Å². The highest BCUT2D eigenvalue weighted by molar-refractivity contribution is 5.48. The van der Waals surface area contributed by atoms with Crippen LogP contribution in [0.25, 0.3) is 0 Å². The number of benzene rings is 2. The van der Waals surface area contributed by atoms with Crippen LogP contribution < -0.4 is 4.74 Å². The van der Waals surface area contributed by atoms with Gasteiger partial charge in [-0.2, -0.15) is 0 Å². The summed E-state index contributed by atoms with van der Waals surface area (Å²) in [4.78, 5) is 0. The summed E-state index contributed by atoms with van der Waals surface area (Å²) in [6.45, 7) is 8.27. The molecular formula is C18H22O2. The predicted octanol–water partition coefficient (Wildman–Crippen LogP) is 4.34. The average molecular weight is 270 g/mol. The van der Waals surface area contributed by atoms with Crippen molar-refractivity contribution in [1.29, 1.82) is 0 Å². The van der Waals surface area contributed by atoms with Gasteiger partial charge in [0.2, 0.25) is 0 Å². The SMILES string of the molecule is COc1ccc(C(C)(C)c2cc(C)c(O)c(C)c2)cc1. The molecule has 0 saturated carbocycles. The first-order valence-corrected chi connectivity index (χ1v) is 6.81. The lowest BCUT2D eigenvalue weighted by atomic mass is 9.77. The smallest absolute Gasteiger partial charge is 0.121 e. The molecule has 2 aromatic carbocycles. The van der Waals surface area contributed by atoms with Crippen molar-refractivity contribution < 1.29 is 9.84 Å². The van der Waals surface area contributed by atoms with Crippen LogP contribution in [0.4, 0.5) is 0 Å². The summed E-state index contributed by atoms with van der Waals surface area (Å²) in [6, 6.07) is 12.3. The Hall–Kier alpha value is -1.96. The van der Waals surface area contributed by atoms with E-state index in [1.54, 1.807) is 7.11 Å². The maximum Gasteiger partial charge on any atom is 0.121 e. The lowest BCUT2D eigenvalue weighted by Crippen LogP contribution is -2.19. The number of phenols is 1. The molecule has 0 saturated heterocycles. The number of methoxy groups -OCH3 is 1. The monoisotopic (exact) mass is 270 g/mol. The second kappa shape index (κ2) is 5.20. The first-order valence-electron chi connectivity index (χ1n) is 6.81. The molecular weight excluding hydrogens is 248 g/mol. The van der Waals surface area contributed by atoms with E-state index in [1.165, 1.54) is 11.1 Å². The maximum atomic E-state index is 9.92. The highest BCUT2D eigenvalue weighted by Gasteiger charge is 2.24. The van der Waals surface area contributed by atoms with Gasteiger partial charge in [0.05, 0.1) is 7.11 Å². The van der Waals surface area contributed by atoms with Crippen LogP contribution in [-0.4, -0.2) is 12.2 Å². The summed E-state index contributed by atoms with van der Waals surface area (Å²) in [5.74, 6) is 1.25. The molecule has 0 aliphatic heterocycles. The van der Waals surface area contributed by atoms with Gasteiger partial charge in [0.25, 0.3) is 0 Å². The average Bonchev–Trinajstić information content (AvgIpc) is 2.44. The van der Waals surface area contributed by atoms with Crippen molar-refractivity contribution >= 4 is 0 Å². The second-order valence-corrected chi connectivity index (χ2v) is 5.81. The normalized spacial score (nSPS) is 11.4. The molecule has 0 aliphatic carbocycles. The van der Waals surface area contributed by atoms with Crippen LogP contribution in [0.3, 0.4) is 0 Å². The van der Waals surface area contributed by atoms with E-state index in [2.05, 4.69) is 38.1 Å². The second-order valence-electron chi connectivity index (χ2n) is 5.81. The van der Waals surface area contributed by atoms with Gasteiger partial charge < -0.3 is 9.84 Å². The zero-order valence-electron chi connectivity index (χ0n) is 12.8. The van der Waals surface area contributed by atoms with E-state index in [1.807, 2.05) is 26.0 Å². The molecule has 2 aromatic rings. The highest BCUT2D eigenvalue weighted by Crippen LogP contribution is 2.35. The molecule has 1 N–H and O–H groups in total. The van der Waals surface area contributed by atoms with E-state index in [-0.39, 0.29) is 5.41 Å². The third-order valence-corrected chi connectivity index (χ3v) is 4.02. The van der Waals surface area contributed by atoms with Gasteiger partial charge in [-0.15, -0.1) is 0 Å². The summed E-state index contributed by atoms with van der Waals surface area (Å²) in [6.07, 6.45) is 0. The number of hydrogen-bond donors (Lipinski definition) is 1. The van der Waals surface area contributed by atoms with Crippen LogP contribution in [0.15, 0.2) is 36.4 Å². The molecule has 0 atom stereocenters. The molecule has 0 amide bonds. The third kappa shape index (κ3) is 2.51. The van der Waals surface area contributed by atoms with Crippen molar-refractivity contribution in [3.63, 3.8) is 0 Å². The van der Waals surface area contributed by atoms with Crippen molar-refractivity contribution in [1.82, 2.24) is 0 Å². The minimum atomic E-state index is -0.116. The summed E-state index contributed by atoms with van der Waals surface area (Å²) in [5.41, 5.74) is 4.15. The standard InChI is InChI=1S/C18H22O2/c1-12-10-15(11-13(2)17(12)19)18(3,4)14-6-8-16(20-5)9-7-14/h6-11,19H,1-5H3. The first kappa shape index (κ1) is 14.4. The first-order chi connectivity index (χ1) is 9.36. The fraction of sp³-hybridized carbons (Fsp3) is 0.333. The van der Waals surface area contributed by atoms with E-state index in [0.29, 0.717) is 5.75 Å².